The largest absolute Gasteiger partial charge is 0.505 e. The summed E-state index contributed by atoms with van der Waals surface area (Å²) in [5.74, 6) is -1.40. The van der Waals surface area contributed by atoms with Crippen molar-refractivity contribution >= 4 is 5.78 Å². The van der Waals surface area contributed by atoms with Crippen LogP contribution >= 0.6 is 0 Å². The number of aromatic nitrogens is 1. The van der Waals surface area contributed by atoms with Gasteiger partial charge in [-0.1, -0.05) is 12.1 Å². The van der Waals surface area contributed by atoms with E-state index in [-0.39, 0.29) is 17.1 Å². The van der Waals surface area contributed by atoms with Gasteiger partial charge in [-0.05, 0) is 36.2 Å². The van der Waals surface area contributed by atoms with Crippen molar-refractivity contribution in [3.63, 3.8) is 0 Å². The molecule has 128 valence electrons. The number of rotatable bonds is 8. The van der Waals surface area contributed by atoms with Crippen molar-refractivity contribution in [3.05, 3.63) is 58.7 Å². The second kappa shape index (κ2) is 8.49. The topological polar surface area (TPSA) is 103 Å². The normalized spacial score (nSPS) is 10.8. The Morgan fingerprint density at radius 2 is 1.92 bits per heavy atom. The number of carbonyl (C=O) groups is 1. The molecule has 2 rings (SSSR count). The molecule has 6 nitrogen and oxygen atoms in total. The molecule has 1 heterocycles. The van der Waals surface area contributed by atoms with Crippen LogP contribution in [0.15, 0.2) is 30.5 Å². The van der Waals surface area contributed by atoms with Gasteiger partial charge in [0, 0.05) is 18.3 Å². The summed E-state index contributed by atoms with van der Waals surface area (Å²) in [4.78, 5) is 15.3. The molecule has 4 N–H and O–H groups in total. The van der Waals surface area contributed by atoms with Crippen LogP contribution in [0.1, 0.15) is 27.2 Å². The highest BCUT2D eigenvalue weighted by Crippen LogP contribution is 2.24. The Balaban J connectivity index is 1.98. The molecule has 0 saturated heterocycles. The van der Waals surface area contributed by atoms with E-state index in [1.165, 1.54) is 18.3 Å². The Kier molecular flexibility index (Phi) is 6.36. The van der Waals surface area contributed by atoms with Gasteiger partial charge in [0.15, 0.2) is 11.4 Å². The molecule has 0 aliphatic carbocycles. The van der Waals surface area contributed by atoms with Crippen LogP contribution in [-0.2, 0) is 19.6 Å². The number of Topliss-reactive ketones (excluding diaryl/α,β-unsaturated/α-hetero) is 1. The van der Waals surface area contributed by atoms with Gasteiger partial charge in [0.25, 0.3) is 0 Å². The third-order valence-corrected chi connectivity index (χ3v) is 3.63. The highest BCUT2D eigenvalue weighted by Gasteiger charge is 2.18. The molecule has 2 aromatic rings. The first-order valence-corrected chi connectivity index (χ1v) is 7.46. The minimum Gasteiger partial charge on any atom is -0.505 e. The number of aliphatic hydroxyl groups excluding tert-OH is 2. The highest BCUT2D eigenvalue weighted by atomic mass is 19.1. The first kappa shape index (κ1) is 18.0. The highest BCUT2D eigenvalue weighted by molar-refractivity contribution is 5.97. The van der Waals surface area contributed by atoms with E-state index in [1.807, 2.05) is 0 Å². The Labute approximate surface area is 138 Å². The number of aliphatic hydroxyl groups is 2. The second-order valence-corrected chi connectivity index (χ2v) is 5.25. The number of benzene rings is 1. The predicted octanol–water partition coefficient (Wildman–Crippen LogP) is 0.926. The van der Waals surface area contributed by atoms with Gasteiger partial charge in [-0.3, -0.25) is 4.79 Å². The zero-order valence-electron chi connectivity index (χ0n) is 13.0. The Morgan fingerprint density at radius 1 is 1.21 bits per heavy atom. The smallest absolute Gasteiger partial charge is 0.210 e. The predicted molar refractivity (Wildman–Crippen MR) is 85.1 cm³/mol. The van der Waals surface area contributed by atoms with Gasteiger partial charge < -0.3 is 20.6 Å². The number of ketones is 1. The SMILES string of the molecule is O=C(CO)c1ncc(CNCCc2ccc(F)cc2)c(CO)c1O. The molecule has 0 bridgehead atoms. The Bertz CT molecular complexity index is 704. The molecule has 24 heavy (non-hydrogen) atoms. The lowest BCUT2D eigenvalue weighted by Crippen LogP contribution is -2.19. The fourth-order valence-corrected chi connectivity index (χ4v) is 2.29. The maximum atomic E-state index is 12.8. The monoisotopic (exact) mass is 334 g/mol. The Hall–Kier alpha value is -2.35. The van der Waals surface area contributed by atoms with Crippen LogP contribution in [0, 0.1) is 5.82 Å². The molecular weight excluding hydrogens is 315 g/mol. The lowest BCUT2D eigenvalue weighted by atomic mass is 10.1. The fraction of sp³-hybridized carbons (Fsp3) is 0.294. The van der Waals surface area contributed by atoms with Crippen molar-refractivity contribution in [1.29, 1.82) is 0 Å². The molecule has 0 aliphatic rings. The van der Waals surface area contributed by atoms with E-state index in [2.05, 4.69) is 10.3 Å². The van der Waals surface area contributed by atoms with Crippen LogP contribution in [0.25, 0.3) is 0 Å². The van der Waals surface area contributed by atoms with Crippen molar-refractivity contribution in [3.8, 4) is 5.75 Å². The second-order valence-electron chi connectivity index (χ2n) is 5.25. The van der Waals surface area contributed by atoms with Crippen molar-refractivity contribution in [2.24, 2.45) is 0 Å². The summed E-state index contributed by atoms with van der Waals surface area (Å²) >= 11 is 0. The summed E-state index contributed by atoms with van der Waals surface area (Å²) in [6, 6.07) is 6.22. The van der Waals surface area contributed by atoms with Crippen molar-refractivity contribution in [2.75, 3.05) is 13.2 Å². The van der Waals surface area contributed by atoms with Gasteiger partial charge in [0.1, 0.15) is 12.4 Å². The number of nitrogens with zero attached hydrogens (tertiary/aromatic N) is 1. The number of nitrogens with one attached hydrogen (secondary N) is 1. The summed E-state index contributed by atoms with van der Waals surface area (Å²) in [5.41, 5.74) is 1.49. The van der Waals surface area contributed by atoms with E-state index >= 15 is 0 Å². The van der Waals surface area contributed by atoms with Gasteiger partial charge >= 0.3 is 0 Å². The molecule has 0 spiro atoms. The van der Waals surface area contributed by atoms with Gasteiger partial charge in [0.2, 0.25) is 5.78 Å². The van der Waals surface area contributed by atoms with Gasteiger partial charge in [0.05, 0.1) is 6.61 Å². The van der Waals surface area contributed by atoms with Crippen LogP contribution in [0.3, 0.4) is 0 Å². The molecule has 0 unspecified atom stereocenters. The van der Waals surface area contributed by atoms with Crippen molar-refractivity contribution < 1.29 is 24.5 Å². The van der Waals surface area contributed by atoms with Crippen molar-refractivity contribution in [2.45, 2.75) is 19.6 Å². The molecule has 0 amide bonds. The summed E-state index contributed by atoms with van der Waals surface area (Å²) in [6.45, 7) is -0.268. The molecule has 0 radical (unpaired) electrons. The quantitative estimate of drug-likeness (QED) is 0.423. The number of hydrogen-bond acceptors (Lipinski definition) is 6. The minimum atomic E-state index is -0.763. The van der Waals surface area contributed by atoms with Crippen molar-refractivity contribution in [1.82, 2.24) is 10.3 Å². The van der Waals surface area contributed by atoms with Gasteiger partial charge in [-0.15, -0.1) is 0 Å². The summed E-state index contributed by atoms with van der Waals surface area (Å²) in [7, 11) is 0. The van der Waals surface area contributed by atoms with E-state index < -0.39 is 24.7 Å². The summed E-state index contributed by atoms with van der Waals surface area (Å²) in [6.07, 6.45) is 2.08. The van der Waals surface area contributed by atoms with Crippen LogP contribution in [0.5, 0.6) is 5.75 Å². The van der Waals surface area contributed by atoms with E-state index in [1.54, 1.807) is 12.1 Å². The number of aromatic hydroxyl groups is 1. The lowest BCUT2D eigenvalue weighted by molar-refractivity contribution is 0.0895. The third-order valence-electron chi connectivity index (χ3n) is 3.63. The summed E-state index contributed by atoms with van der Waals surface area (Å²) < 4.78 is 12.8. The first-order chi connectivity index (χ1) is 11.6. The zero-order valence-corrected chi connectivity index (χ0v) is 13.0. The minimum absolute atomic E-state index is 0.205. The van der Waals surface area contributed by atoms with Crippen LogP contribution in [0.2, 0.25) is 0 Å². The van der Waals surface area contributed by atoms with Gasteiger partial charge in [-0.25, -0.2) is 9.37 Å². The molecule has 0 saturated carbocycles. The van der Waals surface area contributed by atoms with E-state index in [4.69, 9.17) is 5.11 Å². The first-order valence-electron chi connectivity index (χ1n) is 7.46. The van der Waals surface area contributed by atoms with Crippen LogP contribution < -0.4 is 5.32 Å². The van der Waals surface area contributed by atoms with E-state index in [0.29, 0.717) is 25.1 Å². The zero-order chi connectivity index (χ0) is 17.5. The fourth-order valence-electron chi connectivity index (χ4n) is 2.29. The average molecular weight is 334 g/mol. The number of carbonyl (C=O) groups excluding carboxylic acids is 1. The van der Waals surface area contributed by atoms with Gasteiger partial charge in [-0.2, -0.15) is 0 Å². The molecule has 0 atom stereocenters. The number of halogens is 1. The maximum absolute atomic E-state index is 12.8. The number of pyridine rings is 1. The van der Waals surface area contributed by atoms with E-state index in [0.717, 1.165) is 5.56 Å². The van der Waals surface area contributed by atoms with E-state index in [9.17, 15) is 19.4 Å². The molecular formula is C17H19FN2O4. The molecule has 1 aromatic carbocycles. The Morgan fingerprint density at radius 3 is 2.54 bits per heavy atom. The molecule has 0 aliphatic heterocycles. The maximum Gasteiger partial charge on any atom is 0.210 e. The molecule has 1 aromatic heterocycles. The lowest BCUT2D eigenvalue weighted by Gasteiger charge is -2.12. The molecule has 7 heteroatoms. The molecule has 0 fully saturated rings. The summed E-state index contributed by atoms with van der Waals surface area (Å²) in [5, 5.41) is 31.4. The third kappa shape index (κ3) is 4.35. The van der Waals surface area contributed by atoms with Crippen LogP contribution in [-0.4, -0.2) is 39.2 Å². The standard InChI is InChI=1S/C17H19FN2O4/c18-13-3-1-11(2-4-13)5-6-19-7-12-8-20-16(15(23)10-22)17(24)14(12)9-21/h1-4,8,19,21-22,24H,5-7,9-10H2. The van der Waals surface area contributed by atoms with Crippen LogP contribution in [0.4, 0.5) is 4.39 Å². The average Bonchev–Trinajstić information content (AvgIpc) is 2.59. The number of hydrogen-bond donors (Lipinski definition) is 4.